The van der Waals surface area contributed by atoms with Crippen LogP contribution in [0.1, 0.15) is 12.0 Å². The van der Waals surface area contributed by atoms with Gasteiger partial charge in [0.1, 0.15) is 0 Å². The van der Waals surface area contributed by atoms with E-state index in [-0.39, 0.29) is 10.2 Å². The second-order valence-corrected chi connectivity index (χ2v) is 3.07. The number of aromatic amines is 1. The van der Waals surface area contributed by atoms with Crippen molar-refractivity contribution < 1.29 is 13.5 Å². The lowest BCUT2D eigenvalue weighted by atomic mass is 10.2. The molecule has 72 valence electrons. The maximum Gasteiger partial charge on any atom is 0.290 e. The number of pyridine rings is 1. The predicted molar refractivity (Wildman–Crippen MR) is 46.3 cm³/mol. The normalized spacial score (nSPS) is 10.5. The first-order chi connectivity index (χ1) is 6.07. The average molecular weight is 254 g/mol. The highest BCUT2D eigenvalue weighted by atomic mass is 79.9. The average Bonchev–Trinajstić information content (AvgIpc) is 2.07. The van der Waals surface area contributed by atoms with Crippen LogP contribution in [-0.4, -0.2) is 12.1 Å². The van der Waals surface area contributed by atoms with Gasteiger partial charge in [-0.2, -0.15) is 0 Å². The van der Waals surface area contributed by atoms with Crippen LogP contribution in [0.4, 0.5) is 8.78 Å². The van der Waals surface area contributed by atoms with E-state index in [0.717, 1.165) is 6.20 Å². The summed E-state index contributed by atoms with van der Waals surface area (Å²) in [5, 5.41) is 0. The molecule has 1 aromatic rings. The van der Waals surface area contributed by atoms with Gasteiger partial charge in [-0.3, -0.25) is 4.79 Å². The SMILES string of the molecule is COc1c(C(F)F)c(Br)c[nH]c1=O. The Morgan fingerprint density at radius 3 is 2.62 bits per heavy atom. The second kappa shape index (κ2) is 3.87. The van der Waals surface area contributed by atoms with Gasteiger partial charge in [-0.1, -0.05) is 0 Å². The molecular weight excluding hydrogens is 248 g/mol. The van der Waals surface area contributed by atoms with Gasteiger partial charge in [0.15, 0.2) is 5.75 Å². The van der Waals surface area contributed by atoms with Crippen molar-refractivity contribution in [2.75, 3.05) is 7.11 Å². The number of halogens is 3. The smallest absolute Gasteiger partial charge is 0.290 e. The molecule has 1 aromatic heterocycles. The van der Waals surface area contributed by atoms with Gasteiger partial charge in [0.2, 0.25) is 0 Å². The summed E-state index contributed by atoms with van der Waals surface area (Å²) in [4.78, 5) is 13.2. The minimum Gasteiger partial charge on any atom is -0.491 e. The summed E-state index contributed by atoms with van der Waals surface area (Å²) in [5.74, 6) is -0.357. The van der Waals surface area contributed by atoms with Gasteiger partial charge < -0.3 is 9.72 Å². The van der Waals surface area contributed by atoms with Gasteiger partial charge in [0.05, 0.1) is 12.7 Å². The highest BCUT2D eigenvalue weighted by molar-refractivity contribution is 9.10. The van der Waals surface area contributed by atoms with Crippen molar-refractivity contribution >= 4 is 15.9 Å². The molecule has 1 rings (SSSR count). The summed E-state index contributed by atoms with van der Waals surface area (Å²) in [7, 11) is 1.17. The number of ether oxygens (including phenoxy) is 1. The molecule has 0 saturated heterocycles. The molecule has 0 atom stereocenters. The summed E-state index contributed by atoms with van der Waals surface area (Å²) in [6.07, 6.45) is -1.58. The maximum atomic E-state index is 12.4. The fourth-order valence-corrected chi connectivity index (χ4v) is 1.38. The van der Waals surface area contributed by atoms with Crippen LogP contribution in [0.3, 0.4) is 0 Å². The van der Waals surface area contributed by atoms with Crippen LogP contribution in [0.15, 0.2) is 15.5 Å². The van der Waals surface area contributed by atoms with E-state index in [4.69, 9.17) is 0 Å². The highest BCUT2D eigenvalue weighted by Crippen LogP contribution is 2.31. The fraction of sp³-hybridized carbons (Fsp3) is 0.286. The Morgan fingerprint density at radius 1 is 1.62 bits per heavy atom. The molecule has 0 bridgehead atoms. The van der Waals surface area contributed by atoms with Crippen LogP contribution in [0.5, 0.6) is 5.75 Å². The van der Waals surface area contributed by atoms with Crippen LogP contribution < -0.4 is 10.3 Å². The zero-order chi connectivity index (χ0) is 10.0. The van der Waals surface area contributed by atoms with Gasteiger partial charge in [-0.15, -0.1) is 0 Å². The zero-order valence-electron chi connectivity index (χ0n) is 6.61. The molecule has 0 unspecified atom stereocenters. The van der Waals surface area contributed by atoms with Crippen LogP contribution in [0.2, 0.25) is 0 Å². The van der Waals surface area contributed by atoms with Crippen LogP contribution in [-0.2, 0) is 0 Å². The molecule has 1 N–H and O–H groups in total. The van der Waals surface area contributed by atoms with Gasteiger partial charge in [-0.05, 0) is 15.9 Å². The molecule has 0 amide bonds. The van der Waals surface area contributed by atoms with Crippen molar-refractivity contribution in [3.63, 3.8) is 0 Å². The summed E-state index contributed by atoms with van der Waals surface area (Å²) < 4.78 is 29.5. The molecule has 0 aliphatic carbocycles. The number of alkyl halides is 2. The van der Waals surface area contributed by atoms with Crippen molar-refractivity contribution in [3.8, 4) is 5.75 Å². The summed E-state index contributed by atoms with van der Waals surface area (Å²) in [6, 6.07) is 0. The quantitative estimate of drug-likeness (QED) is 0.877. The standard InChI is InChI=1S/C7H6BrF2NO2/c1-13-5-4(6(9)10)3(8)2-11-7(5)12/h2,6H,1H3,(H,11,12). The Morgan fingerprint density at radius 2 is 2.23 bits per heavy atom. The van der Waals surface area contributed by atoms with Crippen LogP contribution in [0.25, 0.3) is 0 Å². The van der Waals surface area contributed by atoms with Crippen molar-refractivity contribution in [2.24, 2.45) is 0 Å². The third kappa shape index (κ3) is 1.88. The molecule has 0 saturated carbocycles. The van der Waals surface area contributed by atoms with Crippen LogP contribution >= 0.6 is 15.9 Å². The first-order valence-electron chi connectivity index (χ1n) is 3.31. The van der Waals surface area contributed by atoms with Crippen LogP contribution in [0, 0.1) is 0 Å². The van der Waals surface area contributed by atoms with E-state index in [0.29, 0.717) is 0 Å². The van der Waals surface area contributed by atoms with Gasteiger partial charge in [0.25, 0.3) is 12.0 Å². The van der Waals surface area contributed by atoms with Crippen molar-refractivity contribution in [1.82, 2.24) is 4.98 Å². The van der Waals surface area contributed by atoms with E-state index in [9.17, 15) is 13.6 Å². The number of hydrogen-bond donors (Lipinski definition) is 1. The molecular formula is C7H6BrF2NO2. The van der Waals surface area contributed by atoms with Crippen molar-refractivity contribution in [2.45, 2.75) is 6.43 Å². The lowest BCUT2D eigenvalue weighted by Gasteiger charge is -2.07. The van der Waals surface area contributed by atoms with E-state index < -0.39 is 17.5 Å². The van der Waals surface area contributed by atoms with E-state index in [1.54, 1.807) is 0 Å². The molecule has 0 aliphatic rings. The first-order valence-corrected chi connectivity index (χ1v) is 4.10. The second-order valence-electron chi connectivity index (χ2n) is 2.21. The third-order valence-corrected chi connectivity index (χ3v) is 2.12. The monoisotopic (exact) mass is 253 g/mol. The highest BCUT2D eigenvalue weighted by Gasteiger charge is 2.20. The number of aromatic nitrogens is 1. The number of nitrogens with one attached hydrogen (secondary N) is 1. The largest absolute Gasteiger partial charge is 0.491 e. The van der Waals surface area contributed by atoms with E-state index in [1.165, 1.54) is 7.11 Å². The first kappa shape index (κ1) is 10.2. The molecule has 1 heterocycles. The van der Waals surface area contributed by atoms with E-state index >= 15 is 0 Å². The number of H-pyrrole nitrogens is 1. The summed E-state index contributed by atoms with van der Waals surface area (Å²) >= 11 is 2.89. The molecule has 3 nitrogen and oxygen atoms in total. The van der Waals surface area contributed by atoms with E-state index in [2.05, 4.69) is 25.7 Å². The Hall–Kier alpha value is -0.910. The lowest BCUT2D eigenvalue weighted by molar-refractivity contribution is 0.145. The molecule has 0 spiro atoms. The number of methoxy groups -OCH3 is 1. The summed E-state index contributed by atoms with van der Waals surface area (Å²) in [5.41, 5.74) is -1.09. The molecule has 6 heteroatoms. The third-order valence-electron chi connectivity index (χ3n) is 1.46. The topological polar surface area (TPSA) is 42.1 Å². The molecule has 13 heavy (non-hydrogen) atoms. The Kier molecular flexibility index (Phi) is 3.02. The lowest BCUT2D eigenvalue weighted by Crippen LogP contribution is -2.12. The van der Waals surface area contributed by atoms with Gasteiger partial charge in [-0.25, -0.2) is 8.78 Å². The zero-order valence-corrected chi connectivity index (χ0v) is 8.19. The van der Waals surface area contributed by atoms with E-state index in [1.807, 2.05) is 0 Å². The molecule has 0 aromatic carbocycles. The van der Waals surface area contributed by atoms with Crippen molar-refractivity contribution in [1.29, 1.82) is 0 Å². The minimum absolute atomic E-state index is 0.124. The molecule has 0 radical (unpaired) electrons. The van der Waals surface area contributed by atoms with Gasteiger partial charge >= 0.3 is 0 Å². The Labute approximate surface area is 80.9 Å². The van der Waals surface area contributed by atoms with Crippen molar-refractivity contribution in [3.05, 3.63) is 26.6 Å². The van der Waals surface area contributed by atoms with Gasteiger partial charge in [0, 0.05) is 10.7 Å². The molecule has 0 fully saturated rings. The predicted octanol–water partition coefficient (Wildman–Crippen LogP) is 2.08. The number of rotatable bonds is 2. The Bertz CT molecular complexity index is 364. The minimum atomic E-state index is -2.74. The maximum absolute atomic E-state index is 12.4. The summed E-state index contributed by atoms with van der Waals surface area (Å²) in [6.45, 7) is 0. The fourth-order valence-electron chi connectivity index (χ4n) is 0.909. The number of hydrogen-bond acceptors (Lipinski definition) is 2. The Balaban J connectivity index is 3.44. The molecule has 0 aliphatic heterocycles.